The van der Waals surface area contributed by atoms with Crippen LogP contribution in [-0.2, 0) is 9.59 Å². The molecule has 5 nitrogen and oxygen atoms in total. The van der Waals surface area contributed by atoms with E-state index >= 15 is 0 Å². The molecule has 3 rings (SSSR count). The highest BCUT2D eigenvalue weighted by atomic mass is 16.2. The Morgan fingerprint density at radius 2 is 1.56 bits per heavy atom. The predicted octanol–water partition coefficient (Wildman–Crippen LogP) is 3.48. The Morgan fingerprint density at radius 1 is 0.920 bits per heavy atom. The molecule has 1 aliphatic heterocycles. The van der Waals surface area contributed by atoms with Gasteiger partial charge in [-0.1, -0.05) is 56.3 Å². The van der Waals surface area contributed by atoms with Crippen molar-refractivity contribution in [2.45, 2.75) is 19.8 Å². The maximum Gasteiger partial charge on any atom is 0.335 e. The maximum atomic E-state index is 12.7. The van der Waals surface area contributed by atoms with Gasteiger partial charge in [0, 0.05) is 0 Å². The summed E-state index contributed by atoms with van der Waals surface area (Å²) in [6.45, 7) is 4.13. The van der Waals surface area contributed by atoms with Gasteiger partial charge in [0.15, 0.2) is 0 Å². The normalized spacial score (nSPS) is 16.5. The smallest absolute Gasteiger partial charge is 0.273 e. The van der Waals surface area contributed by atoms with Crippen LogP contribution in [0.1, 0.15) is 30.9 Å². The van der Waals surface area contributed by atoms with Crippen LogP contribution in [0.3, 0.4) is 0 Å². The molecule has 126 valence electrons. The van der Waals surface area contributed by atoms with Crippen LogP contribution in [0.5, 0.6) is 0 Å². The topological polar surface area (TPSA) is 66.5 Å². The quantitative estimate of drug-likeness (QED) is 0.690. The molecule has 1 saturated heterocycles. The first-order valence-corrected chi connectivity index (χ1v) is 8.04. The highest BCUT2D eigenvalue weighted by Gasteiger charge is 2.36. The molecule has 0 spiro atoms. The highest BCUT2D eigenvalue weighted by Crippen LogP contribution is 2.24. The zero-order chi connectivity index (χ0) is 18.0. The number of nitrogens with one attached hydrogen (secondary N) is 1. The molecule has 0 aromatic heterocycles. The maximum absolute atomic E-state index is 12.7. The van der Waals surface area contributed by atoms with Crippen molar-refractivity contribution in [1.29, 1.82) is 0 Å². The number of anilines is 1. The number of barbiturate groups is 1. The van der Waals surface area contributed by atoms with Crippen LogP contribution in [0, 0.1) is 0 Å². The summed E-state index contributed by atoms with van der Waals surface area (Å²) >= 11 is 0. The van der Waals surface area contributed by atoms with Crippen molar-refractivity contribution in [2.75, 3.05) is 4.90 Å². The summed E-state index contributed by atoms with van der Waals surface area (Å²) < 4.78 is 0. The van der Waals surface area contributed by atoms with Crippen LogP contribution < -0.4 is 10.2 Å². The average molecular weight is 334 g/mol. The van der Waals surface area contributed by atoms with E-state index in [4.69, 9.17) is 0 Å². The molecule has 4 amide bonds. The zero-order valence-electron chi connectivity index (χ0n) is 14.0. The van der Waals surface area contributed by atoms with Gasteiger partial charge in [0.2, 0.25) is 0 Å². The first-order valence-electron chi connectivity index (χ1n) is 8.04. The molecular formula is C20H18N2O3. The van der Waals surface area contributed by atoms with E-state index in [2.05, 4.69) is 19.2 Å². The number of imide groups is 2. The molecular weight excluding hydrogens is 316 g/mol. The molecule has 0 radical (unpaired) electrons. The second-order valence-corrected chi connectivity index (χ2v) is 6.11. The van der Waals surface area contributed by atoms with Crippen LogP contribution in [0.15, 0.2) is 60.2 Å². The third kappa shape index (κ3) is 3.35. The van der Waals surface area contributed by atoms with E-state index in [0.717, 1.165) is 10.5 Å². The summed E-state index contributed by atoms with van der Waals surface area (Å²) in [5, 5.41) is 2.22. The van der Waals surface area contributed by atoms with Crippen molar-refractivity contribution in [1.82, 2.24) is 5.32 Å². The number of hydrogen-bond acceptors (Lipinski definition) is 3. The van der Waals surface area contributed by atoms with Crippen molar-refractivity contribution in [3.8, 4) is 0 Å². The van der Waals surface area contributed by atoms with Gasteiger partial charge < -0.3 is 0 Å². The van der Waals surface area contributed by atoms with Gasteiger partial charge in [-0.2, -0.15) is 0 Å². The number of nitrogens with zero attached hydrogens (tertiary/aromatic N) is 1. The van der Waals surface area contributed by atoms with Crippen molar-refractivity contribution in [3.63, 3.8) is 0 Å². The van der Waals surface area contributed by atoms with Crippen LogP contribution in [-0.4, -0.2) is 17.8 Å². The van der Waals surface area contributed by atoms with Gasteiger partial charge in [-0.25, -0.2) is 9.69 Å². The standard InChI is InChI=1S/C20H18N2O3/c1-13(2)15-8-10-16(11-9-15)22-19(24)17(18(23)21-20(22)25)12-14-6-4-3-5-7-14/h3-13H,1-2H3,(H,21,23,25)/b17-12-. The van der Waals surface area contributed by atoms with Gasteiger partial charge >= 0.3 is 6.03 Å². The van der Waals surface area contributed by atoms with E-state index in [9.17, 15) is 14.4 Å². The van der Waals surface area contributed by atoms with Crippen molar-refractivity contribution in [3.05, 3.63) is 71.3 Å². The lowest BCUT2D eigenvalue weighted by Gasteiger charge is -2.26. The fourth-order valence-electron chi connectivity index (χ4n) is 2.62. The third-order valence-corrected chi connectivity index (χ3v) is 4.03. The molecule has 0 atom stereocenters. The van der Waals surface area contributed by atoms with Gasteiger partial charge in [-0.05, 0) is 35.3 Å². The predicted molar refractivity (Wildman–Crippen MR) is 96.0 cm³/mol. The minimum Gasteiger partial charge on any atom is -0.273 e. The highest BCUT2D eigenvalue weighted by molar-refractivity contribution is 6.39. The van der Waals surface area contributed by atoms with E-state index in [0.29, 0.717) is 17.2 Å². The largest absolute Gasteiger partial charge is 0.335 e. The molecule has 2 aromatic rings. The molecule has 0 saturated carbocycles. The van der Waals surface area contributed by atoms with Crippen LogP contribution >= 0.6 is 0 Å². The number of urea groups is 1. The lowest BCUT2D eigenvalue weighted by Crippen LogP contribution is -2.54. The Balaban J connectivity index is 1.97. The van der Waals surface area contributed by atoms with E-state index in [-0.39, 0.29) is 5.57 Å². The molecule has 1 heterocycles. The van der Waals surface area contributed by atoms with Gasteiger partial charge in [-0.3, -0.25) is 14.9 Å². The average Bonchev–Trinajstić information content (AvgIpc) is 2.60. The molecule has 1 aliphatic rings. The molecule has 1 N–H and O–H groups in total. The third-order valence-electron chi connectivity index (χ3n) is 4.03. The number of rotatable bonds is 3. The molecule has 2 aromatic carbocycles. The summed E-state index contributed by atoms with van der Waals surface area (Å²) in [6, 6.07) is 15.5. The number of amides is 4. The summed E-state index contributed by atoms with van der Waals surface area (Å²) in [6.07, 6.45) is 1.49. The summed E-state index contributed by atoms with van der Waals surface area (Å²) in [7, 11) is 0. The summed E-state index contributed by atoms with van der Waals surface area (Å²) in [5.41, 5.74) is 2.17. The summed E-state index contributed by atoms with van der Waals surface area (Å²) in [4.78, 5) is 38.0. The first-order chi connectivity index (χ1) is 12.0. The fraction of sp³-hybridized carbons (Fsp3) is 0.150. The van der Waals surface area contributed by atoms with E-state index in [1.807, 2.05) is 30.3 Å². The van der Waals surface area contributed by atoms with Crippen molar-refractivity contribution < 1.29 is 14.4 Å². The van der Waals surface area contributed by atoms with Crippen LogP contribution in [0.4, 0.5) is 10.5 Å². The molecule has 0 bridgehead atoms. The van der Waals surface area contributed by atoms with Crippen molar-refractivity contribution in [2.24, 2.45) is 0 Å². The minimum absolute atomic E-state index is 0.0706. The zero-order valence-corrected chi connectivity index (χ0v) is 14.0. The Morgan fingerprint density at radius 3 is 2.16 bits per heavy atom. The number of carbonyl (C=O) groups is 3. The van der Waals surface area contributed by atoms with E-state index < -0.39 is 17.8 Å². The van der Waals surface area contributed by atoms with Gasteiger partial charge in [0.25, 0.3) is 11.8 Å². The molecule has 1 fully saturated rings. The van der Waals surface area contributed by atoms with E-state index in [1.54, 1.807) is 24.3 Å². The number of benzene rings is 2. The monoisotopic (exact) mass is 334 g/mol. The van der Waals surface area contributed by atoms with E-state index in [1.165, 1.54) is 6.08 Å². The SMILES string of the molecule is CC(C)c1ccc(N2C(=O)NC(=O)/C(=C/c3ccccc3)C2=O)cc1. The van der Waals surface area contributed by atoms with Crippen LogP contribution in [0.25, 0.3) is 6.08 Å². The van der Waals surface area contributed by atoms with Gasteiger partial charge in [0.1, 0.15) is 5.57 Å². The Hall–Kier alpha value is -3.21. The second kappa shape index (κ2) is 6.73. The number of carbonyl (C=O) groups excluding carboxylic acids is 3. The van der Waals surface area contributed by atoms with Crippen LogP contribution in [0.2, 0.25) is 0 Å². The van der Waals surface area contributed by atoms with Gasteiger partial charge in [-0.15, -0.1) is 0 Å². The summed E-state index contributed by atoms with van der Waals surface area (Å²) in [5.74, 6) is -0.973. The second-order valence-electron chi connectivity index (χ2n) is 6.11. The lowest BCUT2D eigenvalue weighted by molar-refractivity contribution is -0.122. The molecule has 25 heavy (non-hydrogen) atoms. The Bertz CT molecular complexity index is 852. The first kappa shape index (κ1) is 16.6. The fourth-order valence-corrected chi connectivity index (χ4v) is 2.62. The molecule has 5 heteroatoms. The Kier molecular flexibility index (Phi) is 4.48. The Labute approximate surface area is 146 Å². The molecule has 0 unspecified atom stereocenters. The molecule has 0 aliphatic carbocycles. The minimum atomic E-state index is -0.738. The van der Waals surface area contributed by atoms with Crippen molar-refractivity contribution >= 4 is 29.6 Å². The number of hydrogen-bond donors (Lipinski definition) is 1. The van der Waals surface area contributed by atoms with Gasteiger partial charge in [0.05, 0.1) is 5.69 Å². The lowest BCUT2D eigenvalue weighted by atomic mass is 10.0.